The SMILES string of the molecule is COc1ccc(CCCC(NC(C)(C)C)C(=O)C(C)C)c(Cl)c1. The van der Waals surface area contributed by atoms with E-state index >= 15 is 0 Å². The lowest BCUT2D eigenvalue weighted by molar-refractivity contribution is -0.124. The van der Waals surface area contributed by atoms with Gasteiger partial charge in [-0.1, -0.05) is 31.5 Å². The van der Waals surface area contributed by atoms with E-state index in [1.807, 2.05) is 32.0 Å². The van der Waals surface area contributed by atoms with Crippen molar-refractivity contribution >= 4 is 17.4 Å². The predicted molar refractivity (Wildman–Crippen MR) is 97.5 cm³/mol. The first-order valence-corrected chi connectivity index (χ1v) is 8.65. The van der Waals surface area contributed by atoms with Crippen LogP contribution in [-0.2, 0) is 11.2 Å². The molecule has 0 saturated carbocycles. The first-order chi connectivity index (χ1) is 10.6. The fraction of sp³-hybridized carbons (Fsp3) is 0.632. The van der Waals surface area contributed by atoms with Crippen LogP contribution < -0.4 is 10.1 Å². The largest absolute Gasteiger partial charge is 0.497 e. The van der Waals surface area contributed by atoms with Crippen LogP contribution in [0.1, 0.15) is 53.0 Å². The lowest BCUT2D eigenvalue weighted by Crippen LogP contribution is -2.48. The van der Waals surface area contributed by atoms with Crippen molar-refractivity contribution in [3.05, 3.63) is 28.8 Å². The van der Waals surface area contributed by atoms with Crippen LogP contribution in [-0.4, -0.2) is 24.5 Å². The Bertz CT molecular complexity index is 521. The number of benzene rings is 1. The maximum absolute atomic E-state index is 12.4. The van der Waals surface area contributed by atoms with Gasteiger partial charge < -0.3 is 10.1 Å². The van der Waals surface area contributed by atoms with Crippen molar-refractivity contribution in [2.24, 2.45) is 5.92 Å². The highest BCUT2D eigenvalue weighted by molar-refractivity contribution is 6.31. The quantitative estimate of drug-likeness (QED) is 0.749. The number of hydrogen-bond acceptors (Lipinski definition) is 3. The van der Waals surface area contributed by atoms with Gasteiger partial charge in [-0.15, -0.1) is 0 Å². The molecule has 1 N–H and O–H groups in total. The number of ketones is 1. The van der Waals surface area contributed by atoms with E-state index in [0.29, 0.717) is 0 Å². The van der Waals surface area contributed by atoms with E-state index in [1.165, 1.54) is 0 Å². The zero-order chi connectivity index (χ0) is 17.6. The molecule has 1 aromatic rings. The van der Waals surface area contributed by atoms with E-state index in [-0.39, 0.29) is 23.3 Å². The number of nitrogens with one attached hydrogen (secondary N) is 1. The zero-order valence-electron chi connectivity index (χ0n) is 15.2. The Balaban J connectivity index is 2.66. The van der Waals surface area contributed by atoms with Crippen LogP contribution in [0.25, 0.3) is 0 Å². The van der Waals surface area contributed by atoms with Crippen molar-refractivity contribution in [2.45, 2.75) is 65.5 Å². The molecule has 0 amide bonds. The summed E-state index contributed by atoms with van der Waals surface area (Å²) in [6.07, 6.45) is 2.59. The minimum atomic E-state index is -0.105. The zero-order valence-corrected chi connectivity index (χ0v) is 16.0. The van der Waals surface area contributed by atoms with Gasteiger partial charge in [0.05, 0.1) is 13.2 Å². The molecule has 0 fully saturated rings. The molecule has 1 rings (SSSR count). The Hall–Kier alpha value is -1.06. The van der Waals surface area contributed by atoms with Gasteiger partial charge in [0, 0.05) is 16.5 Å². The number of methoxy groups -OCH3 is 1. The second-order valence-electron chi connectivity index (χ2n) is 7.35. The Kier molecular flexibility index (Phi) is 7.56. The summed E-state index contributed by atoms with van der Waals surface area (Å²) in [5.74, 6) is 1.08. The summed E-state index contributed by atoms with van der Waals surface area (Å²) in [7, 11) is 1.63. The highest BCUT2D eigenvalue weighted by Gasteiger charge is 2.25. The molecule has 130 valence electrons. The molecule has 1 atom stereocenters. The number of halogens is 1. The van der Waals surface area contributed by atoms with Gasteiger partial charge in [0.25, 0.3) is 0 Å². The molecule has 0 aromatic heterocycles. The summed E-state index contributed by atoms with van der Waals surface area (Å²) in [4.78, 5) is 12.4. The number of rotatable bonds is 8. The second kappa shape index (κ2) is 8.70. The third-order valence-electron chi connectivity index (χ3n) is 3.72. The highest BCUT2D eigenvalue weighted by Crippen LogP contribution is 2.24. The number of aryl methyl sites for hydroxylation is 1. The van der Waals surface area contributed by atoms with Crippen molar-refractivity contribution in [3.63, 3.8) is 0 Å². The van der Waals surface area contributed by atoms with Crippen LogP contribution in [0.15, 0.2) is 18.2 Å². The van der Waals surface area contributed by atoms with Crippen LogP contribution >= 0.6 is 11.6 Å². The van der Waals surface area contributed by atoms with Crippen molar-refractivity contribution < 1.29 is 9.53 Å². The average Bonchev–Trinajstić information content (AvgIpc) is 2.45. The molecular weight excluding hydrogens is 310 g/mol. The van der Waals surface area contributed by atoms with Crippen LogP contribution in [0, 0.1) is 5.92 Å². The van der Waals surface area contributed by atoms with Crippen LogP contribution in [0.5, 0.6) is 5.75 Å². The third kappa shape index (κ3) is 6.92. The first kappa shape index (κ1) is 20.0. The van der Waals surface area contributed by atoms with Gasteiger partial charge in [-0.2, -0.15) is 0 Å². The maximum Gasteiger partial charge on any atom is 0.152 e. The molecule has 0 heterocycles. The molecule has 23 heavy (non-hydrogen) atoms. The molecule has 0 saturated heterocycles. The Morgan fingerprint density at radius 1 is 1.30 bits per heavy atom. The van der Waals surface area contributed by atoms with Gasteiger partial charge in [0.1, 0.15) is 5.75 Å². The fourth-order valence-corrected chi connectivity index (χ4v) is 2.83. The maximum atomic E-state index is 12.4. The number of ether oxygens (including phenoxy) is 1. The topological polar surface area (TPSA) is 38.3 Å². The van der Waals surface area contributed by atoms with Gasteiger partial charge in [-0.3, -0.25) is 4.79 Å². The normalized spacial score (nSPS) is 13.2. The van der Waals surface area contributed by atoms with Crippen LogP contribution in [0.3, 0.4) is 0 Å². The summed E-state index contributed by atoms with van der Waals surface area (Å²) in [5, 5.41) is 4.18. The minimum Gasteiger partial charge on any atom is -0.497 e. The first-order valence-electron chi connectivity index (χ1n) is 8.28. The molecule has 1 aromatic carbocycles. The average molecular weight is 340 g/mol. The summed E-state index contributed by atoms with van der Waals surface area (Å²) in [6, 6.07) is 5.65. The van der Waals surface area contributed by atoms with E-state index in [4.69, 9.17) is 16.3 Å². The minimum absolute atomic E-state index is 0.0411. The summed E-state index contributed by atoms with van der Waals surface area (Å²) < 4.78 is 5.17. The predicted octanol–water partition coefficient (Wildman–Crippen LogP) is 4.65. The molecule has 3 nitrogen and oxygen atoms in total. The van der Waals surface area contributed by atoms with Gasteiger partial charge in [0.15, 0.2) is 5.78 Å². The summed E-state index contributed by atoms with van der Waals surface area (Å²) in [5.41, 5.74) is 1.02. The van der Waals surface area contributed by atoms with Crippen molar-refractivity contribution in [3.8, 4) is 5.75 Å². The van der Waals surface area contributed by atoms with E-state index in [9.17, 15) is 4.79 Å². The highest BCUT2D eigenvalue weighted by atomic mass is 35.5. The lowest BCUT2D eigenvalue weighted by atomic mass is 9.93. The summed E-state index contributed by atoms with van der Waals surface area (Å²) in [6.45, 7) is 10.2. The Morgan fingerprint density at radius 3 is 2.43 bits per heavy atom. The summed E-state index contributed by atoms with van der Waals surface area (Å²) >= 11 is 6.28. The number of hydrogen-bond donors (Lipinski definition) is 1. The van der Waals surface area contributed by atoms with Crippen molar-refractivity contribution in [1.82, 2.24) is 5.32 Å². The molecule has 0 aliphatic rings. The number of Topliss-reactive ketones (excluding diaryl/α,β-unsaturated/α-hetero) is 1. The lowest BCUT2D eigenvalue weighted by Gasteiger charge is -2.29. The van der Waals surface area contributed by atoms with Gasteiger partial charge in [-0.25, -0.2) is 0 Å². The van der Waals surface area contributed by atoms with Crippen molar-refractivity contribution in [2.75, 3.05) is 7.11 Å². The number of carbonyl (C=O) groups excluding carboxylic acids is 1. The van der Waals surface area contributed by atoms with Crippen LogP contribution in [0.4, 0.5) is 0 Å². The molecule has 1 unspecified atom stereocenters. The Labute approximate surface area is 145 Å². The molecule has 0 aliphatic carbocycles. The molecule has 0 radical (unpaired) electrons. The number of carbonyl (C=O) groups is 1. The van der Waals surface area contributed by atoms with Crippen molar-refractivity contribution in [1.29, 1.82) is 0 Å². The molecule has 0 aliphatic heterocycles. The smallest absolute Gasteiger partial charge is 0.152 e. The third-order valence-corrected chi connectivity index (χ3v) is 4.07. The van der Waals surface area contributed by atoms with Gasteiger partial charge in [-0.05, 0) is 57.7 Å². The van der Waals surface area contributed by atoms with E-state index in [0.717, 1.165) is 35.6 Å². The monoisotopic (exact) mass is 339 g/mol. The van der Waals surface area contributed by atoms with Gasteiger partial charge >= 0.3 is 0 Å². The Morgan fingerprint density at radius 2 is 1.96 bits per heavy atom. The van der Waals surface area contributed by atoms with Crippen LogP contribution in [0.2, 0.25) is 5.02 Å². The van der Waals surface area contributed by atoms with E-state index in [1.54, 1.807) is 7.11 Å². The van der Waals surface area contributed by atoms with E-state index in [2.05, 4.69) is 26.1 Å². The molecule has 0 spiro atoms. The fourth-order valence-electron chi connectivity index (χ4n) is 2.57. The van der Waals surface area contributed by atoms with Gasteiger partial charge in [0.2, 0.25) is 0 Å². The molecular formula is C19H30ClNO2. The molecule has 4 heteroatoms. The standard InChI is InChI=1S/C19H30ClNO2/c1-13(2)18(22)17(21-19(3,4)5)9-7-8-14-10-11-15(23-6)12-16(14)20/h10-13,17,21H,7-9H2,1-6H3. The van der Waals surface area contributed by atoms with E-state index < -0.39 is 0 Å². The molecule has 0 bridgehead atoms. The second-order valence-corrected chi connectivity index (χ2v) is 7.76.